The molecule has 1 aliphatic carbocycles. The van der Waals surface area contributed by atoms with Crippen molar-refractivity contribution in [3.63, 3.8) is 0 Å². The predicted molar refractivity (Wildman–Crippen MR) is 132 cm³/mol. The Labute approximate surface area is 205 Å². The summed E-state index contributed by atoms with van der Waals surface area (Å²) in [5.41, 5.74) is 2.12. The molecule has 5 rings (SSSR count). The van der Waals surface area contributed by atoms with Gasteiger partial charge < -0.3 is 14.4 Å². The van der Waals surface area contributed by atoms with Gasteiger partial charge in [0.2, 0.25) is 0 Å². The van der Waals surface area contributed by atoms with Gasteiger partial charge in [0, 0.05) is 31.9 Å². The zero-order valence-electron chi connectivity index (χ0n) is 20.4. The summed E-state index contributed by atoms with van der Waals surface area (Å²) >= 11 is 0. The van der Waals surface area contributed by atoms with Crippen LogP contribution in [0.3, 0.4) is 0 Å². The first kappa shape index (κ1) is 23.5. The fourth-order valence-corrected chi connectivity index (χ4v) is 5.40. The smallest absolute Gasteiger partial charge is 0.173 e. The summed E-state index contributed by atoms with van der Waals surface area (Å²) < 4.78 is 26.6. The van der Waals surface area contributed by atoms with Gasteiger partial charge in [0.1, 0.15) is 5.82 Å². The van der Waals surface area contributed by atoms with Crippen LogP contribution in [-0.4, -0.2) is 65.5 Å². The molecule has 1 saturated carbocycles. The van der Waals surface area contributed by atoms with E-state index in [1.807, 2.05) is 24.3 Å². The number of methoxy groups -OCH3 is 2. The number of nitrogens with zero attached hydrogens (tertiary/aromatic N) is 6. The van der Waals surface area contributed by atoms with Crippen LogP contribution in [0.1, 0.15) is 55.6 Å². The van der Waals surface area contributed by atoms with E-state index in [0.29, 0.717) is 17.5 Å². The van der Waals surface area contributed by atoms with Gasteiger partial charge in [-0.3, -0.25) is 4.90 Å². The summed E-state index contributed by atoms with van der Waals surface area (Å²) in [5, 5.41) is 13.1. The first-order valence-corrected chi connectivity index (χ1v) is 12.4. The van der Waals surface area contributed by atoms with Crippen LogP contribution in [0.15, 0.2) is 42.5 Å². The zero-order valence-corrected chi connectivity index (χ0v) is 20.4. The fraction of sp³-hybridized carbons (Fsp3) is 0.500. The molecular weight excluding hydrogens is 447 g/mol. The first-order valence-electron chi connectivity index (χ1n) is 12.4. The van der Waals surface area contributed by atoms with Crippen LogP contribution in [0.4, 0.5) is 10.1 Å². The van der Waals surface area contributed by atoms with Gasteiger partial charge in [-0.15, -0.1) is 5.10 Å². The molecule has 8 nitrogen and oxygen atoms in total. The molecule has 186 valence electrons. The third-order valence-corrected chi connectivity index (χ3v) is 7.28. The summed E-state index contributed by atoms with van der Waals surface area (Å²) in [6, 6.07) is 13.0. The average Bonchev–Trinajstić information content (AvgIpc) is 3.39. The van der Waals surface area contributed by atoms with Crippen molar-refractivity contribution in [3.05, 3.63) is 59.7 Å². The topological polar surface area (TPSA) is 68.5 Å². The minimum atomic E-state index is -0.213. The molecule has 2 aromatic carbocycles. The summed E-state index contributed by atoms with van der Waals surface area (Å²) in [4.78, 5) is 4.73. The third-order valence-electron chi connectivity index (χ3n) is 7.28. The van der Waals surface area contributed by atoms with Crippen LogP contribution >= 0.6 is 0 Å². The molecule has 9 heteroatoms. The molecule has 2 heterocycles. The molecule has 0 radical (unpaired) electrons. The lowest BCUT2D eigenvalue weighted by molar-refractivity contribution is 0.193. The van der Waals surface area contributed by atoms with Crippen molar-refractivity contribution >= 4 is 5.69 Å². The number of hydrogen-bond acceptors (Lipinski definition) is 7. The Morgan fingerprint density at radius 1 is 0.886 bits per heavy atom. The molecule has 35 heavy (non-hydrogen) atoms. The summed E-state index contributed by atoms with van der Waals surface area (Å²) in [6.45, 7) is 3.32. The van der Waals surface area contributed by atoms with E-state index in [2.05, 4.69) is 36.1 Å². The molecular formula is C26H33FN6O2. The number of ether oxygens (including phenoxy) is 2. The second-order valence-electron chi connectivity index (χ2n) is 9.29. The van der Waals surface area contributed by atoms with Gasteiger partial charge >= 0.3 is 0 Å². The number of anilines is 1. The largest absolute Gasteiger partial charge is 0.493 e. The molecule has 0 spiro atoms. The molecule has 2 aliphatic rings. The van der Waals surface area contributed by atoms with Crippen molar-refractivity contribution in [3.8, 4) is 11.5 Å². The Morgan fingerprint density at radius 2 is 1.60 bits per heavy atom. The van der Waals surface area contributed by atoms with Crippen LogP contribution in [0.2, 0.25) is 0 Å². The fourth-order valence-electron chi connectivity index (χ4n) is 5.40. The number of aromatic nitrogens is 4. The van der Waals surface area contributed by atoms with Gasteiger partial charge in [-0.2, -0.15) is 0 Å². The van der Waals surface area contributed by atoms with E-state index in [1.54, 1.807) is 14.2 Å². The summed E-state index contributed by atoms with van der Waals surface area (Å²) in [5.74, 6) is 2.05. The average molecular weight is 481 g/mol. The van der Waals surface area contributed by atoms with Crippen molar-refractivity contribution in [1.82, 2.24) is 25.1 Å². The monoisotopic (exact) mass is 480 g/mol. The Hall–Kier alpha value is -3.20. The van der Waals surface area contributed by atoms with E-state index < -0.39 is 0 Å². The number of tetrazole rings is 1. The van der Waals surface area contributed by atoms with Gasteiger partial charge in [-0.05, 0) is 65.2 Å². The molecule has 2 fully saturated rings. The third kappa shape index (κ3) is 4.96. The number of piperazine rings is 1. The highest BCUT2D eigenvalue weighted by atomic mass is 19.1. The van der Waals surface area contributed by atoms with Crippen molar-refractivity contribution in [2.75, 3.05) is 45.3 Å². The Kier molecular flexibility index (Phi) is 7.13. The molecule has 1 unspecified atom stereocenters. The molecule has 0 amide bonds. The van der Waals surface area contributed by atoms with Gasteiger partial charge in [0.25, 0.3) is 0 Å². The molecule has 0 bridgehead atoms. The van der Waals surface area contributed by atoms with E-state index in [1.165, 1.54) is 31.4 Å². The van der Waals surface area contributed by atoms with E-state index in [4.69, 9.17) is 9.47 Å². The first-order chi connectivity index (χ1) is 17.2. The van der Waals surface area contributed by atoms with Crippen LogP contribution in [0, 0.1) is 5.82 Å². The maximum Gasteiger partial charge on any atom is 0.173 e. The summed E-state index contributed by atoms with van der Waals surface area (Å²) in [6.07, 6.45) is 5.91. The molecule has 1 saturated heterocycles. The van der Waals surface area contributed by atoms with E-state index in [0.717, 1.165) is 56.1 Å². The summed E-state index contributed by atoms with van der Waals surface area (Å²) in [7, 11) is 3.30. The molecule has 1 aromatic heterocycles. The van der Waals surface area contributed by atoms with Crippen molar-refractivity contribution in [2.45, 2.75) is 44.2 Å². The maximum atomic E-state index is 13.4. The number of rotatable bonds is 7. The van der Waals surface area contributed by atoms with Gasteiger partial charge in [-0.1, -0.05) is 25.3 Å². The number of benzene rings is 2. The minimum Gasteiger partial charge on any atom is -0.493 e. The van der Waals surface area contributed by atoms with Crippen molar-refractivity contribution < 1.29 is 13.9 Å². The lowest BCUT2D eigenvalue weighted by Crippen LogP contribution is -2.48. The molecule has 3 aromatic rings. The highest BCUT2D eigenvalue weighted by molar-refractivity contribution is 5.47. The molecule has 0 N–H and O–H groups in total. The Bertz CT molecular complexity index is 1110. The molecule has 1 atom stereocenters. The normalized spacial score (nSPS) is 18.4. The SMILES string of the molecule is COc1ccc(C(c2nnnn2C2CCCCC2)N2CCN(c3ccc(F)cc3)CC2)cc1OC. The molecule has 1 aliphatic heterocycles. The second kappa shape index (κ2) is 10.6. The van der Waals surface area contributed by atoms with Crippen LogP contribution in [-0.2, 0) is 0 Å². The minimum absolute atomic E-state index is 0.109. The lowest BCUT2D eigenvalue weighted by atomic mass is 9.95. The van der Waals surface area contributed by atoms with Crippen LogP contribution < -0.4 is 14.4 Å². The van der Waals surface area contributed by atoms with E-state index in [-0.39, 0.29) is 11.9 Å². The highest BCUT2D eigenvalue weighted by Gasteiger charge is 2.33. The number of hydrogen-bond donors (Lipinski definition) is 0. The maximum absolute atomic E-state index is 13.4. The van der Waals surface area contributed by atoms with Crippen molar-refractivity contribution in [1.29, 1.82) is 0 Å². The van der Waals surface area contributed by atoms with Crippen molar-refractivity contribution in [2.24, 2.45) is 0 Å². The van der Waals surface area contributed by atoms with E-state index in [9.17, 15) is 4.39 Å². The highest BCUT2D eigenvalue weighted by Crippen LogP contribution is 2.37. The lowest BCUT2D eigenvalue weighted by Gasteiger charge is -2.40. The van der Waals surface area contributed by atoms with E-state index >= 15 is 0 Å². The standard InChI is InChI=1S/C26H33FN6O2/c1-34-23-13-8-19(18-24(23)35-2)25(26-28-29-30-33(26)22-6-4-3-5-7-22)32-16-14-31(15-17-32)21-11-9-20(27)10-12-21/h8-13,18,22,25H,3-7,14-17H2,1-2H3. The van der Waals surface area contributed by atoms with Gasteiger partial charge in [0.15, 0.2) is 17.3 Å². The Balaban J connectivity index is 1.46. The van der Waals surface area contributed by atoms with Gasteiger partial charge in [0.05, 0.1) is 26.3 Å². The van der Waals surface area contributed by atoms with Crippen LogP contribution in [0.5, 0.6) is 11.5 Å². The second-order valence-corrected chi connectivity index (χ2v) is 9.29. The Morgan fingerprint density at radius 3 is 2.29 bits per heavy atom. The zero-order chi connectivity index (χ0) is 24.2. The number of halogens is 1. The predicted octanol–water partition coefficient (Wildman–Crippen LogP) is 4.25. The van der Waals surface area contributed by atoms with Gasteiger partial charge in [-0.25, -0.2) is 9.07 Å². The quantitative estimate of drug-likeness (QED) is 0.501. The van der Waals surface area contributed by atoms with Crippen LogP contribution in [0.25, 0.3) is 0 Å².